The molecule has 0 spiro atoms. The van der Waals surface area contributed by atoms with Crippen molar-refractivity contribution in [1.82, 2.24) is 4.90 Å². The number of thioether (sulfide) groups is 1. The molecular formula is C18H24N2O4S2. The lowest BCUT2D eigenvalue weighted by Gasteiger charge is -2.31. The first-order valence-corrected chi connectivity index (χ1v) is 9.88. The Hall–Kier alpha value is -1.80. The smallest absolute Gasteiger partial charge is 0.316 e. The maximum Gasteiger partial charge on any atom is 0.316 e. The molecule has 0 aromatic heterocycles. The van der Waals surface area contributed by atoms with E-state index in [-0.39, 0.29) is 12.4 Å². The number of esters is 1. The number of amides is 1. The van der Waals surface area contributed by atoms with Crippen LogP contribution in [0.4, 0.5) is 5.69 Å². The van der Waals surface area contributed by atoms with Gasteiger partial charge in [0.15, 0.2) is 6.61 Å². The summed E-state index contributed by atoms with van der Waals surface area (Å²) < 4.78 is 10.8. The zero-order valence-electron chi connectivity index (χ0n) is 15.0. The average Bonchev–Trinajstić information content (AvgIpc) is 2.65. The number of thiocarbonyl (C=S) groups is 1. The van der Waals surface area contributed by atoms with Crippen molar-refractivity contribution in [2.24, 2.45) is 5.92 Å². The molecule has 0 aliphatic carbocycles. The fraction of sp³-hybridized carbons (Fsp3) is 0.500. The Morgan fingerprint density at radius 3 is 2.77 bits per heavy atom. The van der Waals surface area contributed by atoms with Crippen LogP contribution in [0.15, 0.2) is 24.3 Å². The van der Waals surface area contributed by atoms with E-state index in [4.69, 9.17) is 21.7 Å². The van der Waals surface area contributed by atoms with Crippen molar-refractivity contribution in [3.05, 3.63) is 24.3 Å². The second kappa shape index (κ2) is 10.4. The highest BCUT2D eigenvalue weighted by atomic mass is 32.2. The van der Waals surface area contributed by atoms with Crippen molar-refractivity contribution in [3.8, 4) is 5.75 Å². The molecule has 1 fully saturated rings. The summed E-state index contributed by atoms with van der Waals surface area (Å²) in [6.45, 7) is 3.78. The third kappa shape index (κ3) is 6.84. The van der Waals surface area contributed by atoms with Gasteiger partial charge in [-0.25, -0.2) is 0 Å². The Kier molecular flexibility index (Phi) is 8.18. The van der Waals surface area contributed by atoms with Crippen LogP contribution in [0, 0.1) is 5.92 Å². The number of carbonyl (C=O) groups is 2. The minimum absolute atomic E-state index is 0.108. The average molecular weight is 397 g/mol. The molecule has 0 atom stereocenters. The Balaban J connectivity index is 1.66. The highest BCUT2D eigenvalue weighted by Gasteiger charge is 2.19. The molecule has 1 amide bonds. The first kappa shape index (κ1) is 20.5. The highest BCUT2D eigenvalue weighted by molar-refractivity contribution is 8.23. The standard InChI is InChI=1S/C18H24N2O4S2/c1-13-6-8-20(9-7-13)18(25)26-12-17(22)24-11-16(21)19-14-4-3-5-15(10-14)23-2/h3-5,10,13H,6-9,11-12H2,1-2H3,(H,19,21). The van der Waals surface area contributed by atoms with Gasteiger partial charge in [-0.05, 0) is 30.9 Å². The molecule has 1 aromatic carbocycles. The van der Waals surface area contributed by atoms with Gasteiger partial charge in [0.25, 0.3) is 5.91 Å². The number of hydrogen-bond acceptors (Lipinski definition) is 6. The van der Waals surface area contributed by atoms with Gasteiger partial charge in [-0.2, -0.15) is 0 Å². The van der Waals surface area contributed by atoms with E-state index in [0.717, 1.165) is 36.2 Å². The van der Waals surface area contributed by atoms with E-state index in [1.54, 1.807) is 31.4 Å². The molecule has 0 radical (unpaired) electrons. The molecule has 1 saturated heterocycles. The maximum atomic E-state index is 11.9. The zero-order valence-corrected chi connectivity index (χ0v) is 16.7. The number of nitrogens with one attached hydrogen (secondary N) is 1. The number of anilines is 1. The lowest BCUT2D eigenvalue weighted by molar-refractivity contribution is -0.144. The van der Waals surface area contributed by atoms with Gasteiger partial charge in [-0.15, -0.1) is 0 Å². The van der Waals surface area contributed by atoms with Crippen molar-refractivity contribution < 1.29 is 19.1 Å². The van der Waals surface area contributed by atoms with E-state index < -0.39 is 11.9 Å². The Morgan fingerprint density at radius 2 is 2.08 bits per heavy atom. The summed E-state index contributed by atoms with van der Waals surface area (Å²) in [6, 6.07) is 6.96. The van der Waals surface area contributed by atoms with Crippen LogP contribution in [0.25, 0.3) is 0 Å². The number of piperidine rings is 1. The van der Waals surface area contributed by atoms with E-state index in [1.165, 1.54) is 11.8 Å². The van der Waals surface area contributed by atoms with Crippen molar-refractivity contribution in [2.45, 2.75) is 19.8 Å². The number of ether oxygens (including phenoxy) is 2. The number of benzene rings is 1. The third-order valence-corrected chi connectivity index (χ3v) is 5.57. The summed E-state index contributed by atoms with van der Waals surface area (Å²) in [5.41, 5.74) is 0.584. The van der Waals surface area contributed by atoms with Gasteiger partial charge in [-0.1, -0.05) is 37.0 Å². The summed E-state index contributed by atoms with van der Waals surface area (Å²) in [5, 5.41) is 2.66. The lowest BCUT2D eigenvalue weighted by atomic mass is 10.00. The van der Waals surface area contributed by atoms with Crippen LogP contribution < -0.4 is 10.1 Å². The van der Waals surface area contributed by atoms with E-state index in [1.807, 2.05) is 0 Å². The molecule has 8 heteroatoms. The first-order chi connectivity index (χ1) is 12.5. The van der Waals surface area contributed by atoms with Crippen molar-refractivity contribution in [3.63, 3.8) is 0 Å². The number of carbonyl (C=O) groups excluding carboxylic acids is 2. The molecule has 26 heavy (non-hydrogen) atoms. The van der Waals surface area contributed by atoms with Gasteiger partial charge < -0.3 is 19.7 Å². The first-order valence-electron chi connectivity index (χ1n) is 8.49. The van der Waals surface area contributed by atoms with Crippen molar-refractivity contribution in [2.75, 3.05) is 37.9 Å². The molecule has 142 valence electrons. The van der Waals surface area contributed by atoms with Gasteiger partial charge >= 0.3 is 5.97 Å². The summed E-state index contributed by atoms with van der Waals surface area (Å²) in [5.74, 6) is 0.619. The molecule has 1 aliphatic rings. The summed E-state index contributed by atoms with van der Waals surface area (Å²) >= 11 is 6.65. The van der Waals surface area contributed by atoms with Crippen molar-refractivity contribution in [1.29, 1.82) is 0 Å². The molecular weight excluding hydrogens is 372 g/mol. The van der Waals surface area contributed by atoms with Gasteiger partial charge in [0.05, 0.1) is 12.9 Å². The normalized spacial score (nSPS) is 14.6. The predicted molar refractivity (Wildman–Crippen MR) is 108 cm³/mol. The molecule has 1 aliphatic heterocycles. The highest BCUT2D eigenvalue weighted by Crippen LogP contribution is 2.20. The quantitative estimate of drug-likeness (QED) is 0.586. The molecule has 0 bridgehead atoms. The van der Waals surface area contributed by atoms with Gasteiger partial charge in [0, 0.05) is 24.8 Å². The summed E-state index contributed by atoms with van der Waals surface area (Å²) in [6.07, 6.45) is 2.24. The number of rotatable bonds is 6. The molecule has 6 nitrogen and oxygen atoms in total. The maximum absolute atomic E-state index is 11.9. The van der Waals surface area contributed by atoms with Crippen LogP contribution in [0.3, 0.4) is 0 Å². The fourth-order valence-corrected chi connectivity index (χ4v) is 3.54. The fourth-order valence-electron chi connectivity index (χ4n) is 2.49. The third-order valence-electron chi connectivity index (χ3n) is 4.07. The Labute approximate surface area is 163 Å². The topological polar surface area (TPSA) is 67.9 Å². The minimum Gasteiger partial charge on any atom is -0.497 e. The van der Waals surface area contributed by atoms with E-state index in [9.17, 15) is 9.59 Å². The van der Waals surface area contributed by atoms with Crippen LogP contribution in [0.2, 0.25) is 0 Å². The number of hydrogen-bond donors (Lipinski definition) is 1. The molecule has 1 heterocycles. The Morgan fingerprint density at radius 1 is 1.35 bits per heavy atom. The molecule has 0 unspecified atom stereocenters. The van der Waals surface area contributed by atoms with Crippen LogP contribution >= 0.6 is 24.0 Å². The number of nitrogens with zero attached hydrogens (tertiary/aromatic N) is 1. The van der Waals surface area contributed by atoms with Crippen LogP contribution in [-0.4, -0.2) is 53.7 Å². The molecule has 1 N–H and O–H groups in total. The second-order valence-electron chi connectivity index (χ2n) is 6.16. The zero-order chi connectivity index (χ0) is 18.9. The molecule has 2 rings (SSSR count). The van der Waals surface area contributed by atoms with Gasteiger partial charge in [0.1, 0.15) is 10.1 Å². The predicted octanol–water partition coefficient (Wildman–Crippen LogP) is 2.93. The van der Waals surface area contributed by atoms with Gasteiger partial charge in [0.2, 0.25) is 0 Å². The Bertz CT molecular complexity index is 646. The molecule has 1 aromatic rings. The minimum atomic E-state index is -0.455. The van der Waals surface area contributed by atoms with Crippen LogP contribution in [0.1, 0.15) is 19.8 Å². The largest absolute Gasteiger partial charge is 0.497 e. The van der Waals surface area contributed by atoms with Crippen molar-refractivity contribution >= 4 is 45.9 Å². The van der Waals surface area contributed by atoms with E-state index >= 15 is 0 Å². The lowest BCUT2D eigenvalue weighted by Crippen LogP contribution is -2.35. The second-order valence-corrected chi connectivity index (χ2v) is 7.77. The van der Waals surface area contributed by atoms with Gasteiger partial charge in [-0.3, -0.25) is 9.59 Å². The SMILES string of the molecule is COc1cccc(NC(=O)COC(=O)CSC(=S)N2CCC(C)CC2)c1. The number of likely N-dealkylation sites (tertiary alicyclic amines) is 1. The molecule has 0 saturated carbocycles. The summed E-state index contributed by atoms with van der Waals surface area (Å²) in [4.78, 5) is 25.8. The van der Waals surface area contributed by atoms with Crippen LogP contribution in [0.5, 0.6) is 5.75 Å². The van der Waals surface area contributed by atoms with E-state index in [2.05, 4.69) is 17.1 Å². The van der Waals surface area contributed by atoms with E-state index in [0.29, 0.717) is 11.4 Å². The summed E-state index contributed by atoms with van der Waals surface area (Å²) in [7, 11) is 1.55. The van der Waals surface area contributed by atoms with Crippen LogP contribution in [-0.2, 0) is 14.3 Å². The monoisotopic (exact) mass is 396 g/mol. The number of methoxy groups -OCH3 is 1.